The second-order valence-corrected chi connectivity index (χ2v) is 3.94. The van der Waals surface area contributed by atoms with Crippen LogP contribution < -0.4 is 5.56 Å². The molecule has 3 nitrogen and oxygen atoms in total. The lowest BCUT2D eigenvalue weighted by Crippen LogP contribution is -2.23. The van der Waals surface area contributed by atoms with Crippen molar-refractivity contribution in [2.24, 2.45) is 0 Å². The predicted octanol–water partition coefficient (Wildman–Crippen LogP) is 2.63. The van der Waals surface area contributed by atoms with Crippen molar-refractivity contribution in [3.05, 3.63) is 22.1 Å². The minimum Gasteiger partial charge on any atom is -0.300 e. The van der Waals surface area contributed by atoms with Crippen LogP contribution in [0.4, 0.5) is 0 Å². The van der Waals surface area contributed by atoms with E-state index in [4.69, 9.17) is 0 Å². The van der Waals surface area contributed by atoms with Gasteiger partial charge in [-0.05, 0) is 19.8 Å². The first-order valence-electron chi connectivity index (χ1n) is 5.05. The van der Waals surface area contributed by atoms with Gasteiger partial charge in [-0.2, -0.15) is 0 Å². The van der Waals surface area contributed by atoms with Crippen molar-refractivity contribution in [2.45, 2.75) is 52.5 Å². The van der Waals surface area contributed by atoms with Crippen LogP contribution in [0.15, 0.2) is 10.9 Å². The monoisotopic (exact) mass is 196 g/mol. The Kier molecular flexibility index (Phi) is 3.55. The maximum Gasteiger partial charge on any atom is 0.266 e. The molecule has 1 heterocycles. The maximum atomic E-state index is 11.5. The Morgan fingerprint density at radius 2 is 2.00 bits per heavy atom. The largest absolute Gasteiger partial charge is 0.300 e. The molecule has 1 aliphatic rings. The molecule has 1 N–H and O–H groups in total. The normalized spacial score (nSPS) is 17.8. The van der Waals surface area contributed by atoms with Crippen LogP contribution in [0.1, 0.15) is 51.3 Å². The van der Waals surface area contributed by atoms with Crippen molar-refractivity contribution in [1.82, 2.24) is 9.78 Å². The minimum absolute atomic E-state index is 0. The van der Waals surface area contributed by atoms with Gasteiger partial charge in [0.2, 0.25) is 0 Å². The van der Waals surface area contributed by atoms with E-state index in [9.17, 15) is 4.79 Å². The Bertz CT molecular complexity index is 331. The molecule has 2 rings (SSSR count). The van der Waals surface area contributed by atoms with Crippen LogP contribution in [0, 0.1) is 6.92 Å². The molecule has 14 heavy (non-hydrogen) atoms. The molecule has 0 saturated heterocycles. The highest BCUT2D eigenvalue weighted by atomic mass is 16.1. The van der Waals surface area contributed by atoms with Gasteiger partial charge in [0.25, 0.3) is 5.56 Å². The van der Waals surface area contributed by atoms with Gasteiger partial charge in [0.1, 0.15) is 0 Å². The standard InChI is InChI=1S/C10H16N2O.CH4/c1-8-7-10(13)12(11-8)9-5-3-2-4-6-9;/h7,9,11H,2-6H2,1H3;1H4. The second kappa shape index (κ2) is 4.49. The average molecular weight is 196 g/mol. The summed E-state index contributed by atoms with van der Waals surface area (Å²) in [6, 6.07) is 2.10. The number of aromatic amines is 1. The van der Waals surface area contributed by atoms with Gasteiger partial charge in [0.05, 0.1) is 6.04 Å². The smallest absolute Gasteiger partial charge is 0.266 e. The Hall–Kier alpha value is -0.990. The Morgan fingerprint density at radius 3 is 2.50 bits per heavy atom. The minimum atomic E-state index is 0. The van der Waals surface area contributed by atoms with Gasteiger partial charge in [-0.25, -0.2) is 4.68 Å². The summed E-state index contributed by atoms with van der Waals surface area (Å²) < 4.78 is 1.80. The number of nitrogens with one attached hydrogen (secondary N) is 1. The molecule has 0 aromatic carbocycles. The topological polar surface area (TPSA) is 37.8 Å². The van der Waals surface area contributed by atoms with E-state index in [0.717, 1.165) is 18.5 Å². The van der Waals surface area contributed by atoms with Crippen LogP contribution in [0.2, 0.25) is 0 Å². The summed E-state index contributed by atoms with van der Waals surface area (Å²) in [5.41, 5.74) is 1.10. The predicted molar refractivity (Wildman–Crippen MR) is 58.6 cm³/mol. The SMILES string of the molecule is C.Cc1cc(=O)n(C2CCCCC2)[nH]1. The number of aromatic nitrogens is 2. The van der Waals surface area contributed by atoms with Gasteiger partial charge in [0.15, 0.2) is 0 Å². The van der Waals surface area contributed by atoms with Gasteiger partial charge < -0.3 is 0 Å². The molecule has 0 radical (unpaired) electrons. The lowest BCUT2D eigenvalue weighted by atomic mass is 9.96. The van der Waals surface area contributed by atoms with Crippen molar-refractivity contribution in [2.75, 3.05) is 0 Å². The summed E-state index contributed by atoms with van der Waals surface area (Å²) in [7, 11) is 0. The van der Waals surface area contributed by atoms with Gasteiger partial charge >= 0.3 is 0 Å². The quantitative estimate of drug-likeness (QED) is 0.736. The summed E-state index contributed by atoms with van der Waals surface area (Å²) in [4.78, 5) is 11.5. The van der Waals surface area contributed by atoms with Crippen molar-refractivity contribution >= 4 is 0 Å². The average Bonchev–Trinajstić information content (AvgIpc) is 2.47. The fraction of sp³-hybridized carbons (Fsp3) is 0.727. The molecule has 3 heteroatoms. The molecule has 0 amide bonds. The first kappa shape index (κ1) is 11.1. The lowest BCUT2D eigenvalue weighted by Gasteiger charge is -2.21. The van der Waals surface area contributed by atoms with Crippen LogP contribution in [0.25, 0.3) is 0 Å². The van der Waals surface area contributed by atoms with Crippen molar-refractivity contribution < 1.29 is 0 Å². The number of H-pyrrole nitrogens is 1. The van der Waals surface area contributed by atoms with E-state index in [-0.39, 0.29) is 13.0 Å². The van der Waals surface area contributed by atoms with Gasteiger partial charge in [-0.15, -0.1) is 0 Å². The van der Waals surface area contributed by atoms with E-state index in [0.29, 0.717) is 6.04 Å². The van der Waals surface area contributed by atoms with Crippen LogP contribution in [0.3, 0.4) is 0 Å². The third-order valence-electron chi connectivity index (χ3n) is 2.81. The number of aryl methyl sites for hydroxylation is 1. The van der Waals surface area contributed by atoms with E-state index >= 15 is 0 Å². The summed E-state index contributed by atoms with van der Waals surface area (Å²) in [5, 5.41) is 3.12. The molecule has 1 fully saturated rings. The molecule has 80 valence electrons. The van der Waals surface area contributed by atoms with E-state index < -0.39 is 0 Å². The fourth-order valence-electron chi connectivity index (χ4n) is 2.14. The van der Waals surface area contributed by atoms with Crippen LogP contribution in [-0.2, 0) is 0 Å². The highest BCUT2D eigenvalue weighted by molar-refractivity contribution is 4.97. The molecule has 1 aliphatic carbocycles. The number of hydrogen-bond acceptors (Lipinski definition) is 1. The Labute approximate surface area is 85.1 Å². The van der Waals surface area contributed by atoms with Crippen molar-refractivity contribution in [1.29, 1.82) is 0 Å². The van der Waals surface area contributed by atoms with Gasteiger partial charge in [-0.1, -0.05) is 26.7 Å². The summed E-state index contributed by atoms with van der Waals surface area (Å²) in [6.45, 7) is 1.93. The van der Waals surface area contributed by atoms with E-state index in [1.54, 1.807) is 10.7 Å². The van der Waals surface area contributed by atoms with Crippen LogP contribution >= 0.6 is 0 Å². The second-order valence-electron chi connectivity index (χ2n) is 3.94. The zero-order valence-electron chi connectivity index (χ0n) is 8.05. The molecular formula is C11H20N2O. The summed E-state index contributed by atoms with van der Waals surface area (Å²) >= 11 is 0. The zero-order chi connectivity index (χ0) is 9.26. The molecule has 1 aromatic rings. The molecule has 0 unspecified atom stereocenters. The van der Waals surface area contributed by atoms with Crippen molar-refractivity contribution in [3.8, 4) is 0 Å². The molecule has 0 bridgehead atoms. The number of hydrogen-bond donors (Lipinski definition) is 1. The number of rotatable bonds is 1. The molecule has 0 atom stereocenters. The Balaban J connectivity index is 0.000000980. The fourth-order valence-corrected chi connectivity index (χ4v) is 2.14. The van der Waals surface area contributed by atoms with Gasteiger partial charge in [-0.3, -0.25) is 9.89 Å². The first-order valence-corrected chi connectivity index (χ1v) is 5.05. The van der Waals surface area contributed by atoms with Crippen LogP contribution in [-0.4, -0.2) is 9.78 Å². The third-order valence-corrected chi connectivity index (χ3v) is 2.81. The van der Waals surface area contributed by atoms with E-state index in [2.05, 4.69) is 5.10 Å². The van der Waals surface area contributed by atoms with E-state index in [1.807, 2.05) is 6.92 Å². The van der Waals surface area contributed by atoms with E-state index in [1.165, 1.54) is 19.3 Å². The van der Waals surface area contributed by atoms with Gasteiger partial charge in [0, 0.05) is 11.8 Å². The molecule has 1 aromatic heterocycles. The summed E-state index contributed by atoms with van der Waals surface area (Å²) in [5.74, 6) is 0. The summed E-state index contributed by atoms with van der Waals surface area (Å²) in [6.07, 6.45) is 6.15. The highest BCUT2D eigenvalue weighted by Gasteiger charge is 2.16. The first-order chi connectivity index (χ1) is 6.27. The molecule has 0 aliphatic heterocycles. The molecule has 1 saturated carbocycles. The Morgan fingerprint density at radius 1 is 1.36 bits per heavy atom. The van der Waals surface area contributed by atoms with Crippen LogP contribution in [0.5, 0.6) is 0 Å². The zero-order valence-corrected chi connectivity index (χ0v) is 8.05. The lowest BCUT2D eigenvalue weighted by molar-refractivity contribution is 0.322. The maximum absolute atomic E-state index is 11.5. The van der Waals surface area contributed by atoms with Crippen molar-refractivity contribution in [3.63, 3.8) is 0 Å². The number of nitrogens with zero attached hydrogens (tertiary/aromatic N) is 1. The third kappa shape index (κ3) is 2.08. The molecular weight excluding hydrogens is 176 g/mol. The molecule has 0 spiro atoms. The highest BCUT2D eigenvalue weighted by Crippen LogP contribution is 2.26.